The largest absolute Gasteiger partial charge is 0.369 e. The Morgan fingerprint density at radius 2 is 1.57 bits per heavy atom. The van der Waals surface area contributed by atoms with Crippen LogP contribution in [0.1, 0.15) is 12.0 Å². The Morgan fingerprint density at radius 1 is 0.857 bits per heavy atom. The predicted octanol–water partition coefficient (Wildman–Crippen LogP) is 4.48. The SMILES string of the molecule is O=C(CCN1C(=O)CSc2ccccc21)Nc1ccc(N2CCN(Cc3ccccc3)CC2)cc1. The first-order valence-electron chi connectivity index (χ1n) is 12.1. The van der Waals surface area contributed by atoms with Gasteiger partial charge in [0.05, 0.1) is 11.4 Å². The van der Waals surface area contributed by atoms with Crippen LogP contribution in [0, 0.1) is 0 Å². The first-order valence-corrected chi connectivity index (χ1v) is 13.1. The number of thioether (sulfide) groups is 1. The molecule has 0 saturated carbocycles. The summed E-state index contributed by atoms with van der Waals surface area (Å²) in [5.74, 6) is 0.381. The average Bonchev–Trinajstić information content (AvgIpc) is 2.90. The number of rotatable bonds is 7. The van der Waals surface area contributed by atoms with Crippen molar-refractivity contribution >= 4 is 40.6 Å². The lowest BCUT2D eigenvalue weighted by Crippen LogP contribution is -2.45. The molecule has 0 radical (unpaired) electrons. The van der Waals surface area contributed by atoms with Crippen molar-refractivity contribution < 1.29 is 9.59 Å². The fourth-order valence-electron chi connectivity index (χ4n) is 4.60. The zero-order valence-electron chi connectivity index (χ0n) is 19.7. The Bertz CT molecular complexity index is 1160. The van der Waals surface area contributed by atoms with Gasteiger partial charge in [-0.25, -0.2) is 0 Å². The van der Waals surface area contributed by atoms with Crippen LogP contribution in [0.4, 0.5) is 17.1 Å². The zero-order chi connectivity index (χ0) is 24.0. The number of para-hydroxylation sites is 1. The van der Waals surface area contributed by atoms with Crippen molar-refractivity contribution in [2.24, 2.45) is 0 Å². The van der Waals surface area contributed by atoms with Gasteiger partial charge in [-0.05, 0) is 42.0 Å². The molecule has 7 heteroatoms. The van der Waals surface area contributed by atoms with Gasteiger partial charge in [-0.3, -0.25) is 14.5 Å². The summed E-state index contributed by atoms with van der Waals surface area (Å²) in [7, 11) is 0. The van der Waals surface area contributed by atoms with Crippen LogP contribution in [0.15, 0.2) is 83.8 Å². The number of amides is 2. The van der Waals surface area contributed by atoms with Crippen LogP contribution in [0.5, 0.6) is 0 Å². The summed E-state index contributed by atoms with van der Waals surface area (Å²) in [5, 5.41) is 2.98. The van der Waals surface area contributed by atoms with E-state index in [1.165, 1.54) is 11.3 Å². The van der Waals surface area contributed by atoms with E-state index in [0.29, 0.717) is 12.3 Å². The van der Waals surface area contributed by atoms with Gasteiger partial charge in [0.15, 0.2) is 0 Å². The Hall–Kier alpha value is -3.29. The molecule has 0 atom stereocenters. The monoisotopic (exact) mass is 486 g/mol. The Kier molecular flexibility index (Phi) is 7.35. The summed E-state index contributed by atoms with van der Waals surface area (Å²) in [4.78, 5) is 32.7. The molecule has 5 rings (SSSR count). The zero-order valence-corrected chi connectivity index (χ0v) is 20.5. The van der Waals surface area contributed by atoms with Gasteiger partial charge in [-0.1, -0.05) is 42.5 Å². The van der Waals surface area contributed by atoms with Gasteiger partial charge < -0.3 is 15.1 Å². The lowest BCUT2D eigenvalue weighted by atomic mass is 10.2. The van der Waals surface area contributed by atoms with Gasteiger partial charge in [-0.2, -0.15) is 0 Å². The fourth-order valence-corrected chi connectivity index (χ4v) is 5.53. The van der Waals surface area contributed by atoms with E-state index in [1.54, 1.807) is 16.7 Å². The summed E-state index contributed by atoms with van der Waals surface area (Å²) < 4.78 is 0. The highest BCUT2D eigenvalue weighted by atomic mass is 32.2. The highest BCUT2D eigenvalue weighted by Crippen LogP contribution is 2.34. The van der Waals surface area contributed by atoms with Crippen LogP contribution in [-0.4, -0.2) is 55.2 Å². The molecule has 1 saturated heterocycles. The van der Waals surface area contributed by atoms with Crippen LogP contribution < -0.4 is 15.1 Å². The number of hydrogen-bond acceptors (Lipinski definition) is 5. The molecule has 0 aromatic heterocycles. The number of carbonyl (C=O) groups excluding carboxylic acids is 2. The van der Waals surface area contributed by atoms with Gasteiger partial charge in [0, 0.05) is 62.0 Å². The van der Waals surface area contributed by atoms with Crippen LogP contribution in [-0.2, 0) is 16.1 Å². The Labute approximate surface area is 210 Å². The number of nitrogens with zero attached hydrogens (tertiary/aromatic N) is 3. The molecule has 180 valence electrons. The molecule has 2 heterocycles. The van der Waals surface area contributed by atoms with Crippen molar-refractivity contribution in [3.8, 4) is 0 Å². The normalized spacial score (nSPS) is 16.2. The number of piperazine rings is 1. The van der Waals surface area contributed by atoms with Crippen LogP contribution >= 0.6 is 11.8 Å². The van der Waals surface area contributed by atoms with Crippen LogP contribution in [0.2, 0.25) is 0 Å². The van der Waals surface area contributed by atoms with Gasteiger partial charge in [0.25, 0.3) is 0 Å². The van der Waals surface area contributed by atoms with E-state index in [2.05, 4.69) is 57.6 Å². The quantitative estimate of drug-likeness (QED) is 0.534. The highest BCUT2D eigenvalue weighted by Gasteiger charge is 2.24. The molecule has 1 fully saturated rings. The highest BCUT2D eigenvalue weighted by molar-refractivity contribution is 8.00. The van der Waals surface area contributed by atoms with Crippen molar-refractivity contribution in [3.05, 3.63) is 84.4 Å². The fraction of sp³-hybridized carbons (Fsp3) is 0.286. The lowest BCUT2D eigenvalue weighted by Gasteiger charge is -2.36. The van der Waals surface area contributed by atoms with Gasteiger partial charge in [0.2, 0.25) is 11.8 Å². The van der Waals surface area contributed by atoms with Crippen LogP contribution in [0.25, 0.3) is 0 Å². The van der Waals surface area contributed by atoms with E-state index in [4.69, 9.17) is 0 Å². The maximum atomic E-state index is 12.6. The smallest absolute Gasteiger partial charge is 0.237 e. The molecular weight excluding hydrogens is 456 g/mol. The molecule has 3 aromatic rings. The standard InChI is InChI=1S/C28H30N4O2S/c33-27(14-15-32-25-8-4-5-9-26(25)35-21-28(32)34)29-23-10-12-24(13-11-23)31-18-16-30(17-19-31)20-22-6-2-1-3-7-22/h1-13H,14-21H2,(H,29,33). The van der Waals surface area contributed by atoms with Gasteiger partial charge >= 0.3 is 0 Å². The van der Waals surface area contributed by atoms with Crippen molar-refractivity contribution in [3.63, 3.8) is 0 Å². The molecule has 6 nitrogen and oxygen atoms in total. The molecule has 0 spiro atoms. The van der Waals surface area contributed by atoms with E-state index < -0.39 is 0 Å². The first kappa shape index (κ1) is 23.5. The number of benzene rings is 3. The molecular formula is C28H30N4O2S. The molecule has 1 N–H and O–H groups in total. The van der Waals surface area contributed by atoms with E-state index in [0.717, 1.165) is 49.0 Å². The maximum Gasteiger partial charge on any atom is 0.237 e. The predicted molar refractivity (Wildman–Crippen MR) is 143 cm³/mol. The first-order chi connectivity index (χ1) is 17.2. The third-order valence-electron chi connectivity index (χ3n) is 6.51. The molecule has 2 aliphatic heterocycles. The summed E-state index contributed by atoms with van der Waals surface area (Å²) in [5.41, 5.74) is 4.21. The topological polar surface area (TPSA) is 55.9 Å². The average molecular weight is 487 g/mol. The van der Waals surface area contributed by atoms with E-state index in [1.807, 2.05) is 36.4 Å². The van der Waals surface area contributed by atoms with Crippen molar-refractivity contribution in [2.75, 3.05) is 53.6 Å². The summed E-state index contributed by atoms with van der Waals surface area (Å²) in [6.45, 7) is 5.42. The second-order valence-electron chi connectivity index (χ2n) is 8.90. The minimum Gasteiger partial charge on any atom is -0.369 e. The number of nitrogens with one attached hydrogen (secondary N) is 1. The molecule has 2 aliphatic rings. The minimum absolute atomic E-state index is 0.0507. The summed E-state index contributed by atoms with van der Waals surface area (Å²) >= 11 is 1.55. The molecule has 0 unspecified atom stereocenters. The van der Waals surface area contributed by atoms with Gasteiger partial charge in [0.1, 0.15) is 0 Å². The number of fused-ring (bicyclic) bond motifs is 1. The lowest BCUT2D eigenvalue weighted by molar-refractivity contribution is -0.117. The van der Waals surface area contributed by atoms with Crippen LogP contribution in [0.3, 0.4) is 0 Å². The third kappa shape index (κ3) is 5.86. The minimum atomic E-state index is -0.0872. The molecule has 3 aromatic carbocycles. The Morgan fingerprint density at radius 3 is 2.34 bits per heavy atom. The van der Waals surface area contributed by atoms with E-state index in [-0.39, 0.29) is 18.2 Å². The van der Waals surface area contributed by atoms with E-state index >= 15 is 0 Å². The van der Waals surface area contributed by atoms with Crippen molar-refractivity contribution in [1.82, 2.24) is 4.90 Å². The second-order valence-corrected chi connectivity index (χ2v) is 9.91. The summed E-state index contributed by atoms with van der Waals surface area (Å²) in [6.07, 6.45) is 0.260. The molecule has 0 aliphatic carbocycles. The summed E-state index contributed by atoms with van der Waals surface area (Å²) in [6, 6.07) is 26.5. The second kappa shape index (κ2) is 11.0. The van der Waals surface area contributed by atoms with Crippen molar-refractivity contribution in [1.29, 1.82) is 0 Å². The maximum absolute atomic E-state index is 12.6. The number of hydrogen-bond donors (Lipinski definition) is 1. The molecule has 0 bridgehead atoms. The molecule has 2 amide bonds. The third-order valence-corrected chi connectivity index (χ3v) is 7.56. The number of carbonyl (C=O) groups is 2. The number of anilines is 3. The Balaban J connectivity index is 1.10. The van der Waals surface area contributed by atoms with E-state index in [9.17, 15) is 9.59 Å². The van der Waals surface area contributed by atoms with Crippen molar-refractivity contribution in [2.45, 2.75) is 17.9 Å². The molecule has 35 heavy (non-hydrogen) atoms. The van der Waals surface area contributed by atoms with Gasteiger partial charge in [-0.15, -0.1) is 11.8 Å².